The Kier molecular flexibility index (Phi) is 13.4. The molecule has 2 aliphatic heterocycles. The van der Waals surface area contributed by atoms with Gasteiger partial charge in [-0.1, -0.05) is 19.1 Å². The first kappa shape index (κ1) is 41.7. The highest BCUT2D eigenvalue weighted by molar-refractivity contribution is 6.25. The van der Waals surface area contributed by atoms with Gasteiger partial charge in [0.05, 0.1) is 49.8 Å². The smallest absolute Gasteiger partial charge is 0.264 e. The molecule has 2 aromatic rings. The van der Waals surface area contributed by atoms with Crippen LogP contribution in [0.25, 0.3) is 0 Å². The average Bonchev–Trinajstić information content (AvgIpc) is 3.65. The van der Waals surface area contributed by atoms with Crippen molar-refractivity contribution in [3.05, 3.63) is 58.7 Å². The number of aryl methyl sites for hydroxylation is 1. The van der Waals surface area contributed by atoms with Crippen molar-refractivity contribution in [1.29, 1.82) is 0 Å². The Labute approximate surface area is 338 Å². The third-order valence-corrected chi connectivity index (χ3v) is 12.8. The number of imide groups is 2. The maximum Gasteiger partial charge on any atom is 0.264 e. The minimum Gasteiger partial charge on any atom is -0.508 e. The Balaban J connectivity index is 0.719. The average molecular weight is 805 g/mol. The highest BCUT2D eigenvalue weighted by Gasteiger charge is 2.58. The number of rotatable bonds is 19. The summed E-state index contributed by atoms with van der Waals surface area (Å²) in [5.74, 6) is -1.13. The second-order valence-corrected chi connectivity index (χ2v) is 16.4. The summed E-state index contributed by atoms with van der Waals surface area (Å²) in [6.45, 7) is 5.66. The molecule has 3 aliphatic carbocycles. The van der Waals surface area contributed by atoms with Gasteiger partial charge in [-0.3, -0.25) is 34.2 Å². The number of benzene rings is 2. The number of amides is 5. The fourth-order valence-electron chi connectivity index (χ4n) is 9.99. The molecule has 15 heteroatoms. The Morgan fingerprint density at radius 3 is 2.40 bits per heavy atom. The number of nitrogens with one attached hydrogen (secondary N) is 3. The number of phenolic OH excluding ortho intramolecular Hbond substituents is 1. The molecule has 4 unspecified atom stereocenters. The first-order valence-electron chi connectivity index (χ1n) is 20.8. The normalized spacial score (nSPS) is 27.4. The number of nitrogens with zero attached hydrogens (tertiary/aromatic N) is 1. The summed E-state index contributed by atoms with van der Waals surface area (Å²) in [5.41, 5.74) is 3.09. The van der Waals surface area contributed by atoms with Crippen molar-refractivity contribution in [2.75, 3.05) is 64.7 Å². The number of aliphatic hydroxyl groups is 1. The standard InChI is InChI=1S/C43H56N4O11/c1-43-24-34(38-28-10-8-27(48)23-26(28)7-9-29(38)31(43)11-13-35(43)49)58-25-37(51)45-16-4-18-56-20-22-57-21-19-55-17-3-15-44-32-6-2-5-30-39(32)42(54)47(41(30)53)33-12-14-36(50)46-40(33)52/h2,5-6,8,10,23,29,31,33-35,38,44,48-49H,3-4,7,9,11-22,24-25H2,1H3,(H,45,51)(H,46,50,52)/t29?,31?,33?,34-,35-,38?,43-/m0/s1. The van der Waals surface area contributed by atoms with Crippen molar-refractivity contribution in [2.24, 2.45) is 17.3 Å². The van der Waals surface area contributed by atoms with Gasteiger partial charge >= 0.3 is 0 Å². The molecule has 0 radical (unpaired) electrons. The monoisotopic (exact) mass is 804 g/mol. The molecule has 0 spiro atoms. The predicted octanol–water partition coefficient (Wildman–Crippen LogP) is 3.06. The Morgan fingerprint density at radius 2 is 1.64 bits per heavy atom. The summed E-state index contributed by atoms with van der Waals surface area (Å²) in [7, 11) is 0. The van der Waals surface area contributed by atoms with E-state index in [1.165, 1.54) is 5.56 Å². The van der Waals surface area contributed by atoms with Gasteiger partial charge in [-0.25, -0.2) is 0 Å². The van der Waals surface area contributed by atoms with Gasteiger partial charge in [-0.05, 0) is 104 Å². The lowest BCUT2D eigenvalue weighted by Gasteiger charge is -2.53. The van der Waals surface area contributed by atoms with Crippen LogP contribution < -0.4 is 16.0 Å². The summed E-state index contributed by atoms with van der Waals surface area (Å²) < 4.78 is 23.3. The fourth-order valence-corrected chi connectivity index (χ4v) is 9.99. The van der Waals surface area contributed by atoms with Crippen LogP contribution in [0.3, 0.4) is 0 Å². The van der Waals surface area contributed by atoms with Crippen molar-refractivity contribution in [3.63, 3.8) is 0 Å². The molecule has 0 bridgehead atoms. The van der Waals surface area contributed by atoms with E-state index in [4.69, 9.17) is 18.9 Å². The number of aliphatic hydroxyl groups excluding tert-OH is 1. The van der Waals surface area contributed by atoms with E-state index in [1.807, 2.05) is 12.1 Å². The van der Waals surface area contributed by atoms with E-state index < -0.39 is 29.7 Å². The first-order chi connectivity index (χ1) is 28.1. The van der Waals surface area contributed by atoms with E-state index in [2.05, 4.69) is 22.9 Å². The van der Waals surface area contributed by atoms with Crippen LogP contribution in [0.1, 0.15) is 96.1 Å². The molecule has 15 nitrogen and oxygen atoms in total. The van der Waals surface area contributed by atoms with Crippen molar-refractivity contribution >= 4 is 35.2 Å². The quantitative estimate of drug-likeness (QED) is 0.103. The molecule has 2 heterocycles. The Bertz CT molecular complexity index is 1860. The largest absolute Gasteiger partial charge is 0.508 e. The maximum atomic E-state index is 13.2. The third-order valence-electron chi connectivity index (χ3n) is 12.8. The Hall–Kier alpha value is -4.41. The van der Waals surface area contributed by atoms with Gasteiger partial charge in [-0.15, -0.1) is 0 Å². The maximum absolute atomic E-state index is 13.2. The second kappa shape index (κ2) is 18.7. The van der Waals surface area contributed by atoms with E-state index in [-0.39, 0.29) is 65.8 Å². The van der Waals surface area contributed by atoms with Crippen LogP contribution >= 0.6 is 0 Å². The highest BCUT2D eigenvalue weighted by atomic mass is 16.5. The van der Waals surface area contributed by atoms with Gasteiger partial charge in [0.1, 0.15) is 18.4 Å². The molecule has 58 heavy (non-hydrogen) atoms. The minimum absolute atomic E-state index is 0.0452. The Morgan fingerprint density at radius 1 is 0.897 bits per heavy atom. The molecule has 5 aliphatic rings. The van der Waals surface area contributed by atoms with Crippen LogP contribution in [0.4, 0.5) is 5.69 Å². The van der Waals surface area contributed by atoms with Crippen LogP contribution in [0.2, 0.25) is 0 Å². The first-order valence-corrected chi connectivity index (χ1v) is 20.8. The van der Waals surface area contributed by atoms with Gasteiger partial charge in [0.15, 0.2) is 0 Å². The molecule has 5 N–H and O–H groups in total. The molecule has 314 valence electrons. The predicted molar refractivity (Wildman–Crippen MR) is 210 cm³/mol. The van der Waals surface area contributed by atoms with Gasteiger partial charge < -0.3 is 39.8 Å². The second-order valence-electron chi connectivity index (χ2n) is 16.4. The summed E-state index contributed by atoms with van der Waals surface area (Å²) in [5, 5.41) is 29.4. The van der Waals surface area contributed by atoms with Gasteiger partial charge in [0.25, 0.3) is 11.8 Å². The number of piperidine rings is 1. The molecule has 3 fully saturated rings. The van der Waals surface area contributed by atoms with Crippen LogP contribution in [-0.4, -0.2) is 122 Å². The molecule has 0 aromatic heterocycles. The minimum atomic E-state index is -1.01. The lowest BCUT2D eigenvalue weighted by molar-refractivity contribution is -0.137. The van der Waals surface area contributed by atoms with Crippen LogP contribution in [0.5, 0.6) is 5.75 Å². The van der Waals surface area contributed by atoms with Crippen molar-refractivity contribution in [3.8, 4) is 5.75 Å². The number of carbonyl (C=O) groups is 5. The SMILES string of the molecule is C[C@]12C[C@H](OCC(=O)NCCCOCCOCCOCCCNc3cccc4c3C(=O)N(C3CCC(=O)NC3=O)C4=O)C3c4ccc(O)cc4CCC3C1CC[C@@H]2O. The zero-order chi connectivity index (χ0) is 40.8. The van der Waals surface area contributed by atoms with Gasteiger partial charge in [0.2, 0.25) is 17.7 Å². The number of phenols is 1. The highest BCUT2D eigenvalue weighted by Crippen LogP contribution is 2.61. The zero-order valence-corrected chi connectivity index (χ0v) is 33.2. The van der Waals surface area contributed by atoms with Crippen LogP contribution in [0, 0.1) is 17.3 Å². The zero-order valence-electron chi connectivity index (χ0n) is 33.2. The lowest BCUT2D eigenvalue weighted by Crippen LogP contribution is -2.54. The number of aromatic hydroxyl groups is 1. The van der Waals surface area contributed by atoms with Crippen molar-refractivity contribution in [1.82, 2.24) is 15.5 Å². The number of fused-ring (bicyclic) bond motifs is 6. The third kappa shape index (κ3) is 8.93. The number of hydrogen-bond donors (Lipinski definition) is 5. The topological polar surface area (TPSA) is 202 Å². The molecule has 7 atom stereocenters. The van der Waals surface area contributed by atoms with E-state index in [1.54, 1.807) is 24.3 Å². The molecule has 2 saturated carbocycles. The molecule has 1 saturated heterocycles. The van der Waals surface area contributed by atoms with Crippen LogP contribution in [-0.2, 0) is 39.8 Å². The number of carbonyl (C=O) groups excluding carboxylic acids is 5. The van der Waals surface area contributed by atoms with Crippen LogP contribution in [0.15, 0.2) is 36.4 Å². The lowest BCUT2D eigenvalue weighted by atomic mass is 9.54. The summed E-state index contributed by atoms with van der Waals surface area (Å²) in [4.78, 5) is 63.9. The number of anilines is 1. The molecule has 5 amide bonds. The number of ether oxygens (including phenoxy) is 4. The molecular formula is C43H56N4O11. The van der Waals surface area contributed by atoms with E-state index >= 15 is 0 Å². The summed E-state index contributed by atoms with van der Waals surface area (Å²) >= 11 is 0. The number of hydrogen-bond acceptors (Lipinski definition) is 12. The van der Waals surface area contributed by atoms with Gasteiger partial charge in [-0.2, -0.15) is 0 Å². The van der Waals surface area contributed by atoms with Crippen molar-refractivity contribution in [2.45, 2.75) is 88.9 Å². The molecule has 2 aromatic carbocycles. The van der Waals surface area contributed by atoms with E-state index in [9.17, 15) is 34.2 Å². The van der Waals surface area contributed by atoms with E-state index in [0.717, 1.165) is 36.1 Å². The molecular weight excluding hydrogens is 748 g/mol. The van der Waals surface area contributed by atoms with E-state index in [0.29, 0.717) is 89.5 Å². The molecule has 7 rings (SSSR count). The fraction of sp³-hybridized carbons (Fsp3) is 0.605. The summed E-state index contributed by atoms with van der Waals surface area (Å²) in [6, 6.07) is 9.57. The van der Waals surface area contributed by atoms with Gasteiger partial charge in [0, 0.05) is 44.3 Å². The van der Waals surface area contributed by atoms with Crippen molar-refractivity contribution < 1.29 is 53.1 Å². The summed E-state index contributed by atoms with van der Waals surface area (Å²) in [6.07, 6.45) is 5.31.